The van der Waals surface area contributed by atoms with Crippen LogP contribution in [-0.4, -0.2) is 46.7 Å². The molecular formula is C21H23N3O4. The summed E-state index contributed by atoms with van der Waals surface area (Å²) >= 11 is 0. The summed E-state index contributed by atoms with van der Waals surface area (Å²) in [7, 11) is 1.76. The number of nitrogens with zero attached hydrogens (tertiary/aromatic N) is 3. The number of hydrogen-bond acceptors (Lipinski definition) is 6. The van der Waals surface area contributed by atoms with E-state index in [1.807, 2.05) is 35.0 Å². The van der Waals surface area contributed by atoms with Crippen LogP contribution in [0.1, 0.15) is 25.3 Å². The molecule has 2 heterocycles. The van der Waals surface area contributed by atoms with E-state index in [0.717, 1.165) is 11.3 Å². The van der Waals surface area contributed by atoms with Crippen LogP contribution < -0.4 is 0 Å². The molecule has 0 atom stereocenters. The zero-order valence-corrected chi connectivity index (χ0v) is 16.2. The van der Waals surface area contributed by atoms with Crippen molar-refractivity contribution in [1.82, 2.24) is 14.5 Å². The van der Waals surface area contributed by atoms with Gasteiger partial charge < -0.3 is 18.9 Å². The van der Waals surface area contributed by atoms with E-state index in [-0.39, 0.29) is 13.2 Å². The summed E-state index contributed by atoms with van der Waals surface area (Å²) in [5.41, 5.74) is 2.44. The Kier molecular flexibility index (Phi) is 5.93. The lowest BCUT2D eigenvalue weighted by Crippen LogP contribution is -2.28. The Morgan fingerprint density at radius 1 is 1.07 bits per heavy atom. The highest BCUT2D eigenvalue weighted by Gasteiger charge is 2.35. The van der Waals surface area contributed by atoms with Gasteiger partial charge in [0.15, 0.2) is 0 Å². The number of carbonyl (C=O) groups excluding carboxylic acids is 2. The number of esters is 2. The molecule has 2 aromatic rings. The first-order chi connectivity index (χ1) is 13.5. The van der Waals surface area contributed by atoms with Gasteiger partial charge in [0.25, 0.3) is 0 Å². The molecule has 0 unspecified atom stereocenters. The third kappa shape index (κ3) is 3.98. The number of aromatic nitrogens is 2. The topological polar surface area (TPSA) is 73.7 Å². The molecule has 0 fully saturated rings. The van der Waals surface area contributed by atoms with Crippen LogP contribution in [0.3, 0.4) is 0 Å². The zero-order chi connectivity index (χ0) is 20.1. The number of imidazole rings is 1. The van der Waals surface area contributed by atoms with Crippen LogP contribution in [0.25, 0.3) is 5.69 Å². The number of rotatable bonds is 6. The van der Waals surface area contributed by atoms with Crippen molar-refractivity contribution < 1.29 is 19.1 Å². The van der Waals surface area contributed by atoms with Gasteiger partial charge in [0.2, 0.25) is 0 Å². The average Bonchev–Trinajstić information content (AvgIpc) is 3.22. The monoisotopic (exact) mass is 381 g/mol. The summed E-state index contributed by atoms with van der Waals surface area (Å²) in [5.74, 6) is -1.50. The summed E-state index contributed by atoms with van der Waals surface area (Å²) in [6.07, 6.45) is 8.59. The van der Waals surface area contributed by atoms with Crippen molar-refractivity contribution in [3.8, 4) is 5.69 Å². The zero-order valence-electron chi connectivity index (χ0n) is 16.2. The minimum Gasteiger partial charge on any atom is -0.463 e. The fourth-order valence-electron chi connectivity index (χ4n) is 3.20. The van der Waals surface area contributed by atoms with Crippen molar-refractivity contribution in [2.24, 2.45) is 0 Å². The van der Waals surface area contributed by atoms with Crippen LogP contribution in [0.15, 0.2) is 66.5 Å². The first-order valence-electron chi connectivity index (χ1n) is 9.13. The first kappa shape index (κ1) is 19.4. The van der Waals surface area contributed by atoms with Crippen molar-refractivity contribution in [2.75, 3.05) is 20.3 Å². The second-order valence-corrected chi connectivity index (χ2v) is 6.27. The Labute approximate surface area is 163 Å². The quantitative estimate of drug-likeness (QED) is 0.717. The van der Waals surface area contributed by atoms with Crippen LogP contribution >= 0.6 is 0 Å². The molecule has 0 saturated heterocycles. The maximum atomic E-state index is 12.7. The molecule has 0 spiro atoms. The van der Waals surface area contributed by atoms with Crippen molar-refractivity contribution in [2.45, 2.75) is 19.8 Å². The van der Waals surface area contributed by atoms with Gasteiger partial charge in [0.1, 0.15) is 0 Å². The van der Waals surface area contributed by atoms with Crippen LogP contribution in [-0.2, 0) is 19.1 Å². The molecule has 146 valence electrons. The standard InChI is InChI=1S/C21H23N3O4/c1-4-27-20(25)17-12-23(3)13-18(21(26)28-5-2)19(17)15-7-6-8-16(11-15)24-10-9-22-14-24/h6-14,19H,4-5H2,1-3H3. The Morgan fingerprint density at radius 3 is 2.25 bits per heavy atom. The molecule has 0 saturated carbocycles. The van der Waals surface area contributed by atoms with Gasteiger partial charge in [-0.25, -0.2) is 14.6 Å². The van der Waals surface area contributed by atoms with Gasteiger partial charge in [0.05, 0.1) is 36.6 Å². The smallest absolute Gasteiger partial charge is 0.336 e. The maximum Gasteiger partial charge on any atom is 0.336 e. The second kappa shape index (κ2) is 8.56. The fraction of sp³-hybridized carbons (Fsp3) is 0.286. The summed E-state index contributed by atoms with van der Waals surface area (Å²) in [5, 5.41) is 0. The molecule has 1 aromatic heterocycles. The minimum atomic E-state index is -0.585. The summed E-state index contributed by atoms with van der Waals surface area (Å²) in [4.78, 5) is 31.1. The fourth-order valence-corrected chi connectivity index (χ4v) is 3.20. The van der Waals surface area contributed by atoms with Crippen molar-refractivity contribution in [3.63, 3.8) is 0 Å². The van der Waals surface area contributed by atoms with E-state index in [4.69, 9.17) is 9.47 Å². The molecule has 0 N–H and O–H groups in total. The van der Waals surface area contributed by atoms with Gasteiger partial charge in [0, 0.05) is 37.5 Å². The molecule has 0 aliphatic carbocycles. The Hall–Kier alpha value is -3.35. The van der Waals surface area contributed by atoms with Crippen LogP contribution in [0, 0.1) is 0 Å². The maximum absolute atomic E-state index is 12.7. The van der Waals surface area contributed by atoms with E-state index >= 15 is 0 Å². The molecule has 28 heavy (non-hydrogen) atoms. The first-order valence-corrected chi connectivity index (χ1v) is 9.13. The SMILES string of the molecule is CCOC(=O)C1=CN(C)C=C(C(=O)OCC)C1c1cccc(-n2ccnc2)c1. The van der Waals surface area contributed by atoms with Crippen LogP contribution in [0.2, 0.25) is 0 Å². The van der Waals surface area contributed by atoms with E-state index in [1.165, 1.54) is 0 Å². The predicted molar refractivity (Wildman–Crippen MR) is 104 cm³/mol. The molecule has 7 nitrogen and oxygen atoms in total. The lowest BCUT2D eigenvalue weighted by atomic mass is 9.83. The van der Waals surface area contributed by atoms with E-state index in [2.05, 4.69) is 4.98 Å². The van der Waals surface area contributed by atoms with E-state index in [0.29, 0.717) is 11.1 Å². The van der Waals surface area contributed by atoms with E-state index in [1.54, 1.807) is 50.7 Å². The normalized spacial score (nSPS) is 14.3. The van der Waals surface area contributed by atoms with Gasteiger partial charge >= 0.3 is 11.9 Å². The molecule has 7 heteroatoms. The molecule has 0 amide bonds. The second-order valence-electron chi connectivity index (χ2n) is 6.27. The van der Waals surface area contributed by atoms with Crippen molar-refractivity contribution in [1.29, 1.82) is 0 Å². The van der Waals surface area contributed by atoms with Crippen molar-refractivity contribution in [3.05, 3.63) is 72.1 Å². The predicted octanol–water partition coefficient (Wildman–Crippen LogP) is 2.80. The molecule has 1 aliphatic heterocycles. The van der Waals surface area contributed by atoms with Crippen LogP contribution in [0.5, 0.6) is 0 Å². The van der Waals surface area contributed by atoms with Crippen molar-refractivity contribution >= 4 is 11.9 Å². The third-order valence-corrected chi connectivity index (χ3v) is 4.34. The Bertz CT molecular complexity index is 879. The molecule has 0 bridgehead atoms. The molecular weight excluding hydrogens is 358 g/mol. The lowest BCUT2D eigenvalue weighted by Gasteiger charge is -2.28. The Morgan fingerprint density at radius 2 is 1.71 bits per heavy atom. The summed E-state index contributed by atoms with van der Waals surface area (Å²) in [6.45, 7) is 4.00. The molecule has 0 radical (unpaired) electrons. The summed E-state index contributed by atoms with van der Waals surface area (Å²) < 4.78 is 12.3. The number of benzene rings is 1. The number of hydrogen-bond donors (Lipinski definition) is 0. The van der Waals surface area contributed by atoms with Gasteiger partial charge in [-0.1, -0.05) is 12.1 Å². The molecule has 3 rings (SSSR count). The van der Waals surface area contributed by atoms with Gasteiger partial charge in [-0.05, 0) is 31.5 Å². The molecule has 1 aliphatic rings. The highest BCUT2D eigenvalue weighted by Crippen LogP contribution is 2.37. The van der Waals surface area contributed by atoms with Crippen LogP contribution in [0.4, 0.5) is 0 Å². The summed E-state index contributed by atoms with van der Waals surface area (Å²) in [6, 6.07) is 7.63. The van der Waals surface area contributed by atoms with E-state index < -0.39 is 17.9 Å². The van der Waals surface area contributed by atoms with Gasteiger partial charge in [-0.3, -0.25) is 0 Å². The number of carbonyl (C=O) groups is 2. The lowest BCUT2D eigenvalue weighted by molar-refractivity contribution is -0.139. The average molecular weight is 381 g/mol. The minimum absolute atomic E-state index is 0.250. The Balaban J connectivity index is 2.09. The van der Waals surface area contributed by atoms with Gasteiger partial charge in [-0.15, -0.1) is 0 Å². The molecule has 1 aromatic carbocycles. The highest BCUT2D eigenvalue weighted by atomic mass is 16.5. The van der Waals surface area contributed by atoms with E-state index in [9.17, 15) is 9.59 Å². The third-order valence-electron chi connectivity index (χ3n) is 4.34. The van der Waals surface area contributed by atoms with Gasteiger partial charge in [-0.2, -0.15) is 0 Å². The number of ether oxygens (including phenoxy) is 2. The largest absolute Gasteiger partial charge is 0.463 e. The highest BCUT2D eigenvalue weighted by molar-refractivity contribution is 5.98.